The lowest BCUT2D eigenvalue weighted by atomic mass is 10.2. The summed E-state index contributed by atoms with van der Waals surface area (Å²) in [4.78, 5) is 8.54. The summed E-state index contributed by atoms with van der Waals surface area (Å²) in [7, 11) is -1.17. The van der Waals surface area contributed by atoms with E-state index in [1.54, 1.807) is 24.3 Å². The Bertz CT molecular complexity index is 1450. The predicted molar refractivity (Wildman–Crippen MR) is 128 cm³/mol. The molecule has 0 spiro atoms. The molecule has 12 heteroatoms. The van der Waals surface area contributed by atoms with Gasteiger partial charge in [-0.25, -0.2) is 18.4 Å². The molecular weight excluding hydrogens is 496 g/mol. The number of pyridine rings is 1. The van der Waals surface area contributed by atoms with Crippen LogP contribution < -0.4 is 23.7 Å². The third kappa shape index (κ3) is 5.36. The second-order valence-electron chi connectivity index (χ2n) is 7.00. The van der Waals surface area contributed by atoms with E-state index in [9.17, 15) is 13.6 Å². The molecule has 2 aromatic carbocycles. The number of para-hydroxylation sites is 2. The fourth-order valence-electron chi connectivity index (χ4n) is 3.03. The van der Waals surface area contributed by atoms with Crippen molar-refractivity contribution in [2.75, 3.05) is 18.9 Å². The van der Waals surface area contributed by atoms with Crippen LogP contribution in [-0.2, 0) is 10.0 Å². The average molecular weight is 515 g/mol. The standard InChI is InChI=1S/C23H19ClN4O6S/c1-32-16-7-9-17(10-8-16)35(30,31)27-23-20(34-19-6-4-3-5-18(19)33-2)21(24)25-22(26-23)15-11-13-28(29)14-12-15/h3-14H,1-2H3,(H,25,26,27). The quantitative estimate of drug-likeness (QED) is 0.212. The van der Waals surface area contributed by atoms with E-state index in [4.69, 9.17) is 25.8 Å². The topological polar surface area (TPSA) is 127 Å². The molecule has 0 aliphatic heterocycles. The highest BCUT2D eigenvalue weighted by Crippen LogP contribution is 2.40. The number of halogens is 1. The molecule has 0 bridgehead atoms. The van der Waals surface area contributed by atoms with Gasteiger partial charge in [0.2, 0.25) is 5.75 Å². The largest absolute Gasteiger partial charge is 0.619 e. The van der Waals surface area contributed by atoms with Crippen LogP contribution in [0.15, 0.2) is 78.0 Å². The summed E-state index contributed by atoms with van der Waals surface area (Å²) in [5.41, 5.74) is 0.438. The van der Waals surface area contributed by atoms with Gasteiger partial charge < -0.3 is 19.4 Å². The fraction of sp³-hybridized carbons (Fsp3) is 0.0870. The molecule has 2 aromatic heterocycles. The van der Waals surface area contributed by atoms with E-state index >= 15 is 0 Å². The van der Waals surface area contributed by atoms with Gasteiger partial charge in [0.05, 0.1) is 19.1 Å². The predicted octanol–water partition coefficient (Wildman–Crippen LogP) is 4.04. The minimum atomic E-state index is -4.11. The van der Waals surface area contributed by atoms with Crippen LogP contribution in [0.1, 0.15) is 0 Å². The van der Waals surface area contributed by atoms with Gasteiger partial charge in [0.15, 0.2) is 40.7 Å². The van der Waals surface area contributed by atoms with E-state index in [1.807, 2.05) is 0 Å². The Morgan fingerprint density at radius 3 is 2.20 bits per heavy atom. The molecule has 0 fully saturated rings. The van der Waals surface area contributed by atoms with Gasteiger partial charge in [0, 0.05) is 17.7 Å². The molecule has 4 aromatic rings. The number of rotatable bonds is 8. The third-order valence-electron chi connectivity index (χ3n) is 4.77. The first-order valence-electron chi connectivity index (χ1n) is 10.0. The van der Waals surface area contributed by atoms with Gasteiger partial charge in [-0.2, -0.15) is 4.73 Å². The van der Waals surface area contributed by atoms with E-state index in [1.165, 1.54) is 63.0 Å². The van der Waals surface area contributed by atoms with Crippen molar-refractivity contribution < 1.29 is 27.4 Å². The highest BCUT2D eigenvalue weighted by molar-refractivity contribution is 7.92. The molecule has 180 valence electrons. The Hall–Kier alpha value is -4.09. The van der Waals surface area contributed by atoms with Crippen molar-refractivity contribution in [3.05, 3.63) is 83.4 Å². The second-order valence-corrected chi connectivity index (χ2v) is 9.04. The lowest BCUT2D eigenvalue weighted by molar-refractivity contribution is -0.605. The first kappa shape index (κ1) is 24.0. The van der Waals surface area contributed by atoms with E-state index in [0.717, 1.165) is 0 Å². The van der Waals surface area contributed by atoms with Crippen molar-refractivity contribution in [3.8, 4) is 34.4 Å². The number of hydrogen-bond donors (Lipinski definition) is 1. The Morgan fingerprint density at radius 1 is 0.914 bits per heavy atom. The van der Waals surface area contributed by atoms with Crippen LogP contribution in [0.3, 0.4) is 0 Å². The molecule has 35 heavy (non-hydrogen) atoms. The molecule has 1 N–H and O–H groups in total. The van der Waals surface area contributed by atoms with Crippen molar-refractivity contribution in [1.29, 1.82) is 0 Å². The zero-order valence-corrected chi connectivity index (χ0v) is 20.1. The first-order valence-corrected chi connectivity index (χ1v) is 11.9. The maximum absolute atomic E-state index is 13.2. The van der Waals surface area contributed by atoms with Gasteiger partial charge in [-0.3, -0.25) is 4.72 Å². The molecule has 0 saturated heterocycles. The molecule has 0 unspecified atom stereocenters. The number of ether oxygens (including phenoxy) is 3. The van der Waals surface area contributed by atoms with E-state index < -0.39 is 10.0 Å². The number of nitrogens with zero attached hydrogens (tertiary/aromatic N) is 3. The molecule has 0 amide bonds. The second kappa shape index (κ2) is 10.0. The maximum atomic E-state index is 13.2. The molecule has 0 radical (unpaired) electrons. The summed E-state index contributed by atoms with van der Waals surface area (Å²) in [6.07, 6.45) is 2.51. The van der Waals surface area contributed by atoms with Crippen LogP contribution in [-0.4, -0.2) is 32.6 Å². The monoisotopic (exact) mass is 514 g/mol. The number of anilines is 1. The Labute approximate surface area is 206 Å². The van der Waals surface area contributed by atoms with Gasteiger partial charge in [0.1, 0.15) is 5.75 Å². The molecule has 0 atom stereocenters. The molecule has 10 nitrogen and oxygen atoms in total. The van der Waals surface area contributed by atoms with Crippen molar-refractivity contribution in [2.24, 2.45) is 0 Å². The minimum Gasteiger partial charge on any atom is -0.619 e. The van der Waals surface area contributed by atoms with Gasteiger partial charge in [-0.05, 0) is 36.4 Å². The number of benzene rings is 2. The van der Waals surface area contributed by atoms with Crippen LogP contribution >= 0.6 is 11.6 Å². The first-order chi connectivity index (χ1) is 16.8. The lowest BCUT2D eigenvalue weighted by Gasteiger charge is -2.16. The molecule has 0 saturated carbocycles. The molecular formula is C23H19ClN4O6S. The smallest absolute Gasteiger partial charge is 0.263 e. The maximum Gasteiger partial charge on any atom is 0.263 e. The zero-order valence-electron chi connectivity index (χ0n) is 18.5. The van der Waals surface area contributed by atoms with Gasteiger partial charge in [-0.15, -0.1) is 0 Å². The molecule has 2 heterocycles. The Morgan fingerprint density at radius 2 is 1.57 bits per heavy atom. The summed E-state index contributed by atoms with van der Waals surface area (Å²) in [5.74, 6) is 0.893. The summed E-state index contributed by atoms with van der Waals surface area (Å²) in [6, 6.07) is 15.5. The van der Waals surface area contributed by atoms with Gasteiger partial charge >= 0.3 is 0 Å². The highest BCUT2D eigenvalue weighted by Gasteiger charge is 2.24. The van der Waals surface area contributed by atoms with Gasteiger partial charge in [-0.1, -0.05) is 23.7 Å². The number of hydrogen-bond acceptors (Lipinski definition) is 8. The zero-order chi connectivity index (χ0) is 25.0. The Kier molecular flexibility index (Phi) is 6.90. The van der Waals surface area contributed by atoms with Crippen molar-refractivity contribution in [2.45, 2.75) is 4.90 Å². The van der Waals surface area contributed by atoms with Crippen LogP contribution in [0.5, 0.6) is 23.0 Å². The Balaban J connectivity index is 1.81. The summed E-state index contributed by atoms with van der Waals surface area (Å²) >= 11 is 6.44. The van der Waals surface area contributed by atoms with Crippen molar-refractivity contribution in [3.63, 3.8) is 0 Å². The summed E-state index contributed by atoms with van der Waals surface area (Å²) in [6.45, 7) is 0. The SMILES string of the molecule is COc1ccc(S(=O)(=O)Nc2nc(-c3cc[n+]([O-])cc3)nc(Cl)c2Oc2ccccc2OC)cc1. The number of aromatic nitrogens is 3. The van der Waals surface area contributed by atoms with Crippen molar-refractivity contribution >= 4 is 27.4 Å². The van der Waals surface area contributed by atoms with E-state index in [0.29, 0.717) is 21.8 Å². The fourth-order valence-corrected chi connectivity index (χ4v) is 4.24. The number of methoxy groups -OCH3 is 2. The normalized spacial score (nSPS) is 11.1. The lowest BCUT2D eigenvalue weighted by Crippen LogP contribution is -2.23. The summed E-state index contributed by atoms with van der Waals surface area (Å²) < 4.78 is 45.6. The van der Waals surface area contributed by atoms with Crippen LogP contribution in [0.2, 0.25) is 5.15 Å². The molecule has 0 aliphatic rings. The van der Waals surface area contributed by atoms with E-state index in [-0.39, 0.29) is 33.2 Å². The summed E-state index contributed by atoms with van der Waals surface area (Å²) in [5, 5.41) is 11.3. The van der Waals surface area contributed by atoms with Crippen LogP contribution in [0, 0.1) is 5.21 Å². The number of nitrogens with one attached hydrogen (secondary N) is 1. The molecule has 4 rings (SSSR count). The van der Waals surface area contributed by atoms with E-state index in [2.05, 4.69) is 14.7 Å². The average Bonchev–Trinajstić information content (AvgIpc) is 2.86. The minimum absolute atomic E-state index is 0.0371. The highest BCUT2D eigenvalue weighted by atomic mass is 35.5. The van der Waals surface area contributed by atoms with Crippen LogP contribution in [0.25, 0.3) is 11.4 Å². The van der Waals surface area contributed by atoms with Crippen LogP contribution in [0.4, 0.5) is 5.82 Å². The van der Waals surface area contributed by atoms with Gasteiger partial charge in [0.25, 0.3) is 10.0 Å². The molecule has 0 aliphatic carbocycles. The van der Waals surface area contributed by atoms with Crippen molar-refractivity contribution in [1.82, 2.24) is 9.97 Å². The third-order valence-corrected chi connectivity index (χ3v) is 6.38. The number of sulfonamides is 1.